The predicted octanol–water partition coefficient (Wildman–Crippen LogP) is 2.79. The number of rotatable bonds is 0. The van der Waals surface area contributed by atoms with Crippen LogP contribution in [0.1, 0.15) is 13.3 Å². The third kappa shape index (κ3) is 16.2. The van der Waals surface area contributed by atoms with E-state index < -0.39 is 0 Å². The molecule has 0 amide bonds. The average Bonchev–Trinajstić information content (AvgIpc) is 2.80. The summed E-state index contributed by atoms with van der Waals surface area (Å²) in [6.45, 7) is 1.93. The van der Waals surface area contributed by atoms with Crippen LogP contribution in [-0.4, -0.2) is 11.7 Å². The number of allylic oxidation sites excluding steroid dienone is 4. The maximum absolute atomic E-state index is 7.57. The summed E-state index contributed by atoms with van der Waals surface area (Å²) in [6.07, 6.45) is 10.0. The molecule has 2 rings (SSSR count). The van der Waals surface area contributed by atoms with Crippen LogP contribution < -0.4 is 0 Å². The van der Waals surface area contributed by atoms with Gasteiger partial charge >= 0.3 is 26.2 Å². The molecule has 2 heteroatoms. The summed E-state index contributed by atoms with van der Waals surface area (Å²) in [5.74, 6) is 0. The first kappa shape index (κ1) is 17.0. The van der Waals surface area contributed by atoms with Crippen molar-refractivity contribution in [1.82, 2.24) is 0 Å². The van der Waals surface area contributed by atoms with Crippen molar-refractivity contribution in [3.05, 3.63) is 60.7 Å². The first-order valence-corrected chi connectivity index (χ1v) is 4.65. The predicted molar refractivity (Wildman–Crippen MR) is 59.6 cm³/mol. The fourth-order valence-corrected chi connectivity index (χ4v) is 0.682. The summed E-state index contributed by atoms with van der Waals surface area (Å²) < 4.78 is 0. The Hall–Kier alpha value is -0.457. The molecule has 1 aliphatic rings. The fraction of sp³-hybridized carbons (Fsp3) is 0.231. The zero-order chi connectivity index (χ0) is 10.5. The summed E-state index contributed by atoms with van der Waals surface area (Å²) in [6, 6.07) is 12.5. The molecule has 15 heavy (non-hydrogen) atoms. The first-order valence-electron chi connectivity index (χ1n) is 4.65. The minimum Gasteiger partial charge on any atom is -0.397 e. The molecule has 0 unspecified atom stereocenters. The van der Waals surface area contributed by atoms with E-state index in [1.165, 1.54) is 0 Å². The largest absolute Gasteiger partial charge is 2.00 e. The van der Waals surface area contributed by atoms with Gasteiger partial charge in [0.05, 0.1) is 0 Å². The molecular weight excluding hydrogens is 263 g/mol. The summed E-state index contributed by atoms with van der Waals surface area (Å²) in [5.41, 5.74) is 0. The van der Waals surface area contributed by atoms with Crippen molar-refractivity contribution in [1.29, 1.82) is 0 Å². The van der Waals surface area contributed by atoms with Gasteiger partial charge in [0.1, 0.15) is 0 Å². The third-order valence-electron chi connectivity index (χ3n) is 1.19. The van der Waals surface area contributed by atoms with Crippen LogP contribution in [0.3, 0.4) is 0 Å². The molecule has 0 aromatic heterocycles. The van der Waals surface area contributed by atoms with Crippen LogP contribution in [0.15, 0.2) is 48.6 Å². The van der Waals surface area contributed by atoms with Crippen LogP contribution in [0.5, 0.6) is 0 Å². The van der Waals surface area contributed by atoms with Gasteiger partial charge in [-0.05, 0) is 6.92 Å². The molecular formula is C13H16OZr. The van der Waals surface area contributed by atoms with Gasteiger partial charge in [-0.1, -0.05) is 0 Å². The Kier molecular flexibility index (Phi) is 18.1. The maximum Gasteiger partial charge on any atom is 2.00 e. The molecule has 1 aromatic rings. The van der Waals surface area contributed by atoms with E-state index >= 15 is 0 Å². The van der Waals surface area contributed by atoms with Crippen molar-refractivity contribution in [3.8, 4) is 0 Å². The Bertz CT molecular complexity index is 205. The molecule has 0 aliphatic heterocycles. The third-order valence-corrected chi connectivity index (χ3v) is 1.19. The van der Waals surface area contributed by atoms with Crippen molar-refractivity contribution in [3.63, 3.8) is 0 Å². The molecule has 1 aromatic carbocycles. The van der Waals surface area contributed by atoms with Gasteiger partial charge in [0.15, 0.2) is 0 Å². The smallest absolute Gasteiger partial charge is 0.397 e. The van der Waals surface area contributed by atoms with E-state index in [1.54, 1.807) is 6.92 Å². The van der Waals surface area contributed by atoms with Crippen molar-refractivity contribution in [2.75, 3.05) is 6.61 Å². The van der Waals surface area contributed by atoms with E-state index in [9.17, 15) is 0 Å². The molecule has 0 fully saturated rings. The van der Waals surface area contributed by atoms with Gasteiger partial charge in [0.25, 0.3) is 0 Å². The Balaban J connectivity index is 0. The SMILES string of the molecule is CCO.[C-]1=CC=CC1.[Zr+2].[c-]1ccccc1. The summed E-state index contributed by atoms with van der Waals surface area (Å²) in [4.78, 5) is 0. The number of benzene rings is 1. The number of aliphatic hydroxyl groups excluding tert-OH is 1. The topological polar surface area (TPSA) is 20.2 Å². The van der Waals surface area contributed by atoms with Crippen molar-refractivity contribution < 1.29 is 31.3 Å². The normalized spacial score (nSPS) is 10.3. The Morgan fingerprint density at radius 3 is 1.93 bits per heavy atom. The van der Waals surface area contributed by atoms with Crippen molar-refractivity contribution in [2.45, 2.75) is 13.3 Å². The Morgan fingerprint density at radius 1 is 1.20 bits per heavy atom. The Labute approximate surface area is 112 Å². The van der Waals surface area contributed by atoms with Gasteiger partial charge in [-0.3, -0.25) is 6.08 Å². The second kappa shape index (κ2) is 16.0. The van der Waals surface area contributed by atoms with Crippen LogP contribution in [0.2, 0.25) is 0 Å². The first-order chi connectivity index (χ1) is 6.91. The van der Waals surface area contributed by atoms with E-state index in [1.807, 2.05) is 42.5 Å². The number of hydrogen-bond donors (Lipinski definition) is 1. The monoisotopic (exact) mass is 278 g/mol. The molecule has 0 bridgehead atoms. The molecule has 78 valence electrons. The molecule has 0 spiro atoms. The van der Waals surface area contributed by atoms with E-state index in [0.717, 1.165) is 6.42 Å². The van der Waals surface area contributed by atoms with Crippen LogP contribution in [0.25, 0.3) is 0 Å². The van der Waals surface area contributed by atoms with Crippen LogP contribution in [0.4, 0.5) is 0 Å². The average molecular weight is 279 g/mol. The minimum atomic E-state index is 0. The molecule has 0 saturated carbocycles. The van der Waals surface area contributed by atoms with Gasteiger partial charge in [-0.25, -0.2) is 12.2 Å². The molecule has 1 N–H and O–H groups in total. The van der Waals surface area contributed by atoms with Gasteiger partial charge in [0.2, 0.25) is 0 Å². The van der Waals surface area contributed by atoms with E-state index in [2.05, 4.69) is 18.2 Å². The standard InChI is InChI=1S/C6H5.C5H5.C2H6O.Zr/c1-2-4-6-5-3-1;1-2-4-5-3-1;1-2-3;/h1-5H;1-3H,4H2;3H,2H2,1H3;/q2*-1;;+2. The molecule has 1 nitrogen and oxygen atoms in total. The van der Waals surface area contributed by atoms with Gasteiger partial charge in [0, 0.05) is 6.61 Å². The molecule has 0 saturated heterocycles. The van der Waals surface area contributed by atoms with Crippen LogP contribution >= 0.6 is 0 Å². The molecule has 1 aliphatic carbocycles. The summed E-state index contributed by atoms with van der Waals surface area (Å²) in [5, 5.41) is 7.57. The quantitative estimate of drug-likeness (QED) is 0.724. The second-order valence-corrected chi connectivity index (χ2v) is 2.40. The summed E-state index contributed by atoms with van der Waals surface area (Å²) >= 11 is 0. The fourth-order valence-electron chi connectivity index (χ4n) is 0.682. The second-order valence-electron chi connectivity index (χ2n) is 2.40. The van der Waals surface area contributed by atoms with Crippen molar-refractivity contribution in [2.24, 2.45) is 0 Å². The van der Waals surface area contributed by atoms with Crippen LogP contribution in [0, 0.1) is 12.1 Å². The molecule has 0 atom stereocenters. The van der Waals surface area contributed by atoms with E-state index in [-0.39, 0.29) is 32.8 Å². The van der Waals surface area contributed by atoms with Gasteiger partial charge < -0.3 is 5.11 Å². The Morgan fingerprint density at radius 2 is 1.80 bits per heavy atom. The van der Waals surface area contributed by atoms with Crippen LogP contribution in [-0.2, 0) is 26.2 Å². The molecule has 0 radical (unpaired) electrons. The number of hydrogen-bond acceptors (Lipinski definition) is 1. The van der Waals surface area contributed by atoms with Gasteiger partial charge in [-0.2, -0.15) is 42.5 Å². The number of aliphatic hydroxyl groups is 1. The summed E-state index contributed by atoms with van der Waals surface area (Å²) in [7, 11) is 0. The van der Waals surface area contributed by atoms with E-state index in [0.29, 0.717) is 0 Å². The van der Waals surface area contributed by atoms with E-state index in [4.69, 9.17) is 5.11 Å². The minimum absolute atomic E-state index is 0. The van der Waals surface area contributed by atoms with Crippen molar-refractivity contribution >= 4 is 0 Å². The van der Waals surface area contributed by atoms with Gasteiger partial charge in [-0.15, -0.1) is 6.42 Å². The zero-order valence-corrected chi connectivity index (χ0v) is 11.4. The molecule has 0 heterocycles. The maximum atomic E-state index is 7.57. The zero-order valence-electron chi connectivity index (χ0n) is 8.98.